The lowest BCUT2D eigenvalue weighted by Gasteiger charge is -2.06. The Bertz CT molecular complexity index is 835. The van der Waals surface area contributed by atoms with Crippen LogP contribution in [0.1, 0.15) is 18.1 Å². The van der Waals surface area contributed by atoms with E-state index in [1.54, 1.807) is 29.2 Å². The van der Waals surface area contributed by atoms with Crippen molar-refractivity contribution in [1.29, 1.82) is 0 Å². The number of pyridine rings is 1. The molecule has 0 fully saturated rings. The van der Waals surface area contributed by atoms with Crippen LogP contribution in [-0.4, -0.2) is 29.3 Å². The summed E-state index contributed by atoms with van der Waals surface area (Å²) < 4.78 is 3.45. The molecule has 0 saturated heterocycles. The fourth-order valence-electron chi connectivity index (χ4n) is 2.31. The van der Waals surface area contributed by atoms with Crippen LogP contribution in [0.25, 0.3) is 11.0 Å². The molecule has 0 amide bonds. The molecule has 3 heterocycles. The van der Waals surface area contributed by atoms with Crippen molar-refractivity contribution in [3.8, 4) is 0 Å². The van der Waals surface area contributed by atoms with E-state index in [0.717, 1.165) is 24.6 Å². The molecule has 0 atom stereocenters. The van der Waals surface area contributed by atoms with Gasteiger partial charge in [-0.1, -0.05) is 0 Å². The van der Waals surface area contributed by atoms with Crippen LogP contribution < -0.4 is 5.56 Å². The van der Waals surface area contributed by atoms with Gasteiger partial charge in [-0.3, -0.25) is 14.0 Å². The molecule has 0 unspecified atom stereocenters. The molecule has 0 aliphatic carbocycles. The van der Waals surface area contributed by atoms with Gasteiger partial charge in [-0.2, -0.15) is 5.10 Å². The van der Waals surface area contributed by atoms with E-state index in [2.05, 4.69) is 20.1 Å². The Kier molecular flexibility index (Phi) is 3.47. The topological polar surface area (TPSA) is 78.5 Å². The number of fused-ring (bicyclic) bond motifs is 1. The second kappa shape index (κ2) is 5.43. The van der Waals surface area contributed by atoms with Gasteiger partial charge in [0.1, 0.15) is 11.6 Å². The molecule has 0 saturated carbocycles. The summed E-state index contributed by atoms with van der Waals surface area (Å²) in [6.07, 6.45) is 3.96. The number of nitrogens with zero attached hydrogens (tertiary/aromatic N) is 6. The van der Waals surface area contributed by atoms with E-state index < -0.39 is 0 Å². The Labute approximate surface area is 121 Å². The molecule has 7 nitrogen and oxygen atoms in total. The summed E-state index contributed by atoms with van der Waals surface area (Å²) in [5, 5.41) is 4.30. The van der Waals surface area contributed by atoms with Crippen LogP contribution in [0.15, 0.2) is 29.5 Å². The Morgan fingerprint density at radius 3 is 2.81 bits per heavy atom. The van der Waals surface area contributed by atoms with Crippen molar-refractivity contribution in [1.82, 2.24) is 29.3 Å². The van der Waals surface area contributed by atoms with Crippen LogP contribution in [0, 0.1) is 13.8 Å². The quantitative estimate of drug-likeness (QED) is 0.716. The second-order valence-electron chi connectivity index (χ2n) is 4.90. The van der Waals surface area contributed by atoms with Crippen molar-refractivity contribution in [2.45, 2.75) is 33.4 Å². The number of hydrogen-bond acceptors (Lipinski definition) is 5. The molecule has 3 aromatic heterocycles. The number of hydrogen-bond donors (Lipinski definition) is 0. The molecule has 0 aliphatic rings. The Morgan fingerprint density at radius 2 is 2.05 bits per heavy atom. The summed E-state index contributed by atoms with van der Waals surface area (Å²) in [4.78, 5) is 24.9. The zero-order valence-corrected chi connectivity index (χ0v) is 12.0. The average molecular weight is 284 g/mol. The van der Waals surface area contributed by atoms with Gasteiger partial charge >= 0.3 is 0 Å². The maximum absolute atomic E-state index is 12.3. The SMILES string of the molecule is Cc1nc(C)n(CCCn2cnc3cccnc3c2=O)n1. The van der Waals surface area contributed by atoms with Crippen LogP contribution in [0.2, 0.25) is 0 Å². The van der Waals surface area contributed by atoms with Gasteiger partial charge in [-0.25, -0.2) is 15.0 Å². The molecule has 0 radical (unpaired) electrons. The van der Waals surface area contributed by atoms with Gasteiger partial charge in [0.2, 0.25) is 0 Å². The van der Waals surface area contributed by atoms with Gasteiger partial charge in [0.25, 0.3) is 5.56 Å². The molecule has 0 aromatic carbocycles. The largest absolute Gasteiger partial charge is 0.297 e. The monoisotopic (exact) mass is 284 g/mol. The summed E-state index contributed by atoms with van der Waals surface area (Å²) >= 11 is 0. The van der Waals surface area contributed by atoms with E-state index in [9.17, 15) is 4.79 Å². The highest BCUT2D eigenvalue weighted by molar-refractivity contribution is 5.71. The lowest BCUT2D eigenvalue weighted by atomic mass is 10.3. The summed E-state index contributed by atoms with van der Waals surface area (Å²) in [5.74, 6) is 1.65. The van der Waals surface area contributed by atoms with Crippen molar-refractivity contribution >= 4 is 11.0 Å². The molecule has 7 heteroatoms. The van der Waals surface area contributed by atoms with E-state index in [-0.39, 0.29) is 5.56 Å². The Balaban J connectivity index is 1.75. The minimum Gasteiger partial charge on any atom is -0.297 e. The van der Waals surface area contributed by atoms with E-state index in [1.807, 2.05) is 18.5 Å². The van der Waals surface area contributed by atoms with Gasteiger partial charge < -0.3 is 0 Å². The molecule has 21 heavy (non-hydrogen) atoms. The number of aromatic nitrogens is 6. The van der Waals surface area contributed by atoms with Gasteiger partial charge in [0.15, 0.2) is 5.52 Å². The summed E-state index contributed by atoms with van der Waals surface area (Å²) in [7, 11) is 0. The number of aryl methyl sites for hydroxylation is 4. The third-order valence-corrected chi connectivity index (χ3v) is 3.32. The van der Waals surface area contributed by atoms with Crippen molar-refractivity contribution in [2.24, 2.45) is 0 Å². The fourth-order valence-corrected chi connectivity index (χ4v) is 2.31. The summed E-state index contributed by atoms with van der Waals surface area (Å²) in [5.41, 5.74) is 0.932. The highest BCUT2D eigenvalue weighted by Gasteiger charge is 2.06. The first-order valence-corrected chi connectivity index (χ1v) is 6.83. The lowest BCUT2D eigenvalue weighted by molar-refractivity contribution is 0.507. The second-order valence-corrected chi connectivity index (χ2v) is 4.90. The minimum atomic E-state index is -0.105. The smallest absolute Gasteiger partial charge is 0.279 e. The average Bonchev–Trinajstić information content (AvgIpc) is 2.80. The predicted molar refractivity (Wildman–Crippen MR) is 77.9 cm³/mol. The first-order valence-electron chi connectivity index (χ1n) is 6.83. The zero-order valence-electron chi connectivity index (χ0n) is 12.0. The highest BCUT2D eigenvalue weighted by Crippen LogP contribution is 2.02. The maximum Gasteiger partial charge on any atom is 0.279 e. The van der Waals surface area contributed by atoms with Crippen molar-refractivity contribution in [3.63, 3.8) is 0 Å². The lowest BCUT2D eigenvalue weighted by Crippen LogP contribution is -2.22. The third kappa shape index (κ3) is 2.67. The number of rotatable bonds is 4. The highest BCUT2D eigenvalue weighted by atomic mass is 16.1. The van der Waals surface area contributed by atoms with Gasteiger partial charge in [-0.15, -0.1) is 0 Å². The van der Waals surface area contributed by atoms with Crippen molar-refractivity contribution < 1.29 is 0 Å². The first-order chi connectivity index (χ1) is 10.1. The molecule has 3 aromatic rings. The third-order valence-electron chi connectivity index (χ3n) is 3.32. The summed E-state index contributed by atoms with van der Waals surface area (Å²) in [6, 6.07) is 3.56. The standard InChI is InChI=1S/C14H16N6O/c1-10-17-11(2)20(18-10)8-4-7-19-9-16-12-5-3-6-15-13(12)14(19)21/h3,5-6,9H,4,7-8H2,1-2H3. The molecule has 0 aliphatic heterocycles. The van der Waals surface area contributed by atoms with Crippen LogP contribution in [0.5, 0.6) is 0 Å². The minimum absolute atomic E-state index is 0.105. The molecular formula is C14H16N6O. The molecule has 3 rings (SSSR count). The Morgan fingerprint density at radius 1 is 1.19 bits per heavy atom. The van der Waals surface area contributed by atoms with Crippen LogP contribution in [-0.2, 0) is 13.1 Å². The van der Waals surface area contributed by atoms with E-state index in [4.69, 9.17) is 0 Å². The zero-order chi connectivity index (χ0) is 14.8. The van der Waals surface area contributed by atoms with Crippen molar-refractivity contribution in [3.05, 3.63) is 46.7 Å². The van der Waals surface area contributed by atoms with Crippen LogP contribution in [0.3, 0.4) is 0 Å². The van der Waals surface area contributed by atoms with Crippen LogP contribution in [0.4, 0.5) is 0 Å². The van der Waals surface area contributed by atoms with E-state index >= 15 is 0 Å². The molecular weight excluding hydrogens is 268 g/mol. The molecule has 108 valence electrons. The summed E-state index contributed by atoms with van der Waals surface area (Å²) in [6.45, 7) is 5.09. The molecule has 0 N–H and O–H groups in total. The van der Waals surface area contributed by atoms with E-state index in [0.29, 0.717) is 17.6 Å². The van der Waals surface area contributed by atoms with Gasteiger partial charge in [0.05, 0.1) is 11.8 Å². The first kappa shape index (κ1) is 13.4. The predicted octanol–water partition coefficient (Wildman–Crippen LogP) is 1.09. The fraction of sp³-hybridized carbons (Fsp3) is 0.357. The normalized spacial score (nSPS) is 11.1. The molecule has 0 bridgehead atoms. The Hall–Kier alpha value is -2.57. The van der Waals surface area contributed by atoms with E-state index in [1.165, 1.54) is 0 Å². The van der Waals surface area contributed by atoms with Crippen molar-refractivity contribution in [2.75, 3.05) is 0 Å². The molecule has 0 spiro atoms. The maximum atomic E-state index is 12.3. The van der Waals surface area contributed by atoms with Crippen LogP contribution >= 0.6 is 0 Å². The van der Waals surface area contributed by atoms with Gasteiger partial charge in [-0.05, 0) is 32.4 Å². The van der Waals surface area contributed by atoms with Gasteiger partial charge in [0, 0.05) is 19.3 Å².